The summed E-state index contributed by atoms with van der Waals surface area (Å²) in [4.78, 5) is 10.5. The minimum absolute atomic E-state index is 0.0862. The van der Waals surface area contributed by atoms with E-state index in [0.29, 0.717) is 0 Å². The number of rotatable bonds is 4. The number of phenolic OH excluding ortho intramolecular Hbond substituents is 2. The van der Waals surface area contributed by atoms with Crippen LogP contribution in [-0.4, -0.2) is 33.9 Å². The third kappa shape index (κ3) is 2.37. The number of phenols is 2. The third-order valence-electron chi connectivity index (χ3n) is 1.74. The summed E-state index contributed by atoms with van der Waals surface area (Å²) >= 11 is 0. The topological polar surface area (TPSA) is 98.0 Å². The van der Waals surface area contributed by atoms with Gasteiger partial charge in [-0.15, -0.1) is 0 Å². The third-order valence-corrected chi connectivity index (χ3v) is 1.74. The molecule has 0 aliphatic carbocycles. The van der Waals surface area contributed by atoms with Crippen LogP contribution in [0.25, 0.3) is 0 Å². The Kier molecular flexibility index (Phi) is 2.51. The summed E-state index contributed by atoms with van der Waals surface area (Å²) < 4.78 is 6.54. The van der Waals surface area contributed by atoms with E-state index >= 15 is 0 Å². The molecule has 0 aliphatic rings. The maximum atomic E-state index is 10.5. The van der Waals surface area contributed by atoms with Crippen molar-refractivity contribution < 1.29 is 25.2 Å². The number of aromatic hydroxyl groups is 2. The van der Waals surface area contributed by atoms with Crippen LogP contribution in [0.4, 0.5) is 0 Å². The van der Waals surface area contributed by atoms with Crippen molar-refractivity contribution >= 4 is 5.97 Å². The first kappa shape index (κ1) is 8.83. The zero-order chi connectivity index (χ0) is 11.4. The molecule has 5 heteroatoms. The zero-order valence-corrected chi connectivity index (χ0v) is 7.17. The quantitative estimate of drug-likeness (QED) is 0.515. The fourth-order valence-electron chi connectivity index (χ4n) is 1.02. The van der Waals surface area contributed by atoms with Gasteiger partial charge < -0.3 is 20.4 Å². The van der Waals surface area contributed by atoms with E-state index in [0.717, 1.165) is 0 Å². The molecule has 76 valence electrons. The molecule has 1 aromatic carbocycles. The van der Waals surface area contributed by atoms with Gasteiger partial charge in [-0.1, -0.05) is 0 Å². The number of aliphatic hydroxyl groups is 1. The van der Waals surface area contributed by atoms with Crippen molar-refractivity contribution in [1.82, 2.24) is 0 Å². The number of carbonyl (C=O) groups is 1. The monoisotopic (exact) mass is 199 g/mol. The molecule has 0 spiro atoms. The Morgan fingerprint density at radius 2 is 2.21 bits per heavy atom. The summed E-state index contributed by atoms with van der Waals surface area (Å²) in [7, 11) is 0. The summed E-state index contributed by atoms with van der Waals surface area (Å²) in [5, 5.41) is 31.0. The molecule has 0 aromatic heterocycles. The highest BCUT2D eigenvalue weighted by atomic mass is 16.4. The molecule has 0 aliphatic heterocycles. The molecule has 0 bridgehead atoms. The molecule has 1 aromatic rings. The van der Waals surface area contributed by atoms with Crippen molar-refractivity contribution in [3.05, 3.63) is 23.8 Å². The van der Waals surface area contributed by atoms with Crippen molar-refractivity contribution in [3.63, 3.8) is 0 Å². The molecule has 1 rings (SSSR count). The van der Waals surface area contributed by atoms with Crippen molar-refractivity contribution in [3.8, 4) is 11.5 Å². The molecule has 14 heavy (non-hydrogen) atoms. The number of aliphatic carboxylic acids is 1. The summed E-state index contributed by atoms with van der Waals surface area (Å²) in [5.41, 5.74) is 0.217. The molecule has 0 heterocycles. The maximum absolute atomic E-state index is 10.5. The maximum Gasteiger partial charge on any atom is 0.332 e. The van der Waals surface area contributed by atoms with Crippen LogP contribution >= 0.6 is 0 Å². The first-order chi connectivity index (χ1) is 7.04. The van der Waals surface area contributed by atoms with Gasteiger partial charge in [0.05, 0.1) is 0 Å². The van der Waals surface area contributed by atoms with Gasteiger partial charge in [-0.25, -0.2) is 4.79 Å². The standard InChI is InChI=1S/C9H10O5/c10-6-1-2-7(11)5(3-6)4-8(12)9(13)14/h1-3,8,10-12H,4H2,(H,13,14)/i12D. The van der Waals surface area contributed by atoms with Gasteiger partial charge in [-0.3, -0.25) is 0 Å². The molecule has 0 amide bonds. The second-order valence-electron chi connectivity index (χ2n) is 2.84. The Morgan fingerprint density at radius 1 is 1.50 bits per heavy atom. The fourth-order valence-corrected chi connectivity index (χ4v) is 1.02. The second-order valence-corrected chi connectivity index (χ2v) is 2.84. The predicted molar refractivity (Wildman–Crippen MR) is 47.1 cm³/mol. The van der Waals surface area contributed by atoms with E-state index in [9.17, 15) is 9.90 Å². The van der Waals surface area contributed by atoms with E-state index in [2.05, 4.69) is 5.11 Å². The van der Waals surface area contributed by atoms with Gasteiger partial charge in [0.15, 0.2) is 6.10 Å². The van der Waals surface area contributed by atoms with E-state index in [4.69, 9.17) is 11.6 Å². The van der Waals surface area contributed by atoms with Gasteiger partial charge in [0.2, 0.25) is 1.43 Å². The Morgan fingerprint density at radius 3 is 2.79 bits per heavy atom. The summed E-state index contributed by atoms with van der Waals surface area (Å²) in [6.45, 7) is 0. The molecule has 5 nitrogen and oxygen atoms in total. The molecule has 1 unspecified atom stereocenters. The molecule has 0 saturated heterocycles. The second kappa shape index (κ2) is 3.97. The highest BCUT2D eigenvalue weighted by molar-refractivity contribution is 5.72. The Labute approximate surface area is 81.4 Å². The number of carboxylic acids is 1. The highest BCUT2D eigenvalue weighted by Gasteiger charge is 2.16. The van der Waals surface area contributed by atoms with Crippen LogP contribution in [0.1, 0.15) is 5.56 Å². The SMILES string of the molecule is [2H]OC(Cc1cc(O)ccc1O)C(=O)O. The van der Waals surface area contributed by atoms with Crippen LogP contribution in [-0.2, 0) is 11.2 Å². The summed E-state index contributed by atoms with van der Waals surface area (Å²) in [6.07, 6.45) is -1.54. The minimum Gasteiger partial charge on any atom is -0.508 e. The van der Waals surface area contributed by atoms with Gasteiger partial charge in [-0.2, -0.15) is 0 Å². The van der Waals surface area contributed by atoms with Gasteiger partial charge in [0.25, 0.3) is 0 Å². The van der Waals surface area contributed by atoms with Crippen molar-refractivity contribution in [2.45, 2.75) is 12.5 Å². The predicted octanol–water partition coefficient (Wildman–Crippen LogP) is 0.0858. The number of carboxylic acid groups (broad SMARTS) is 1. The molecule has 1 atom stereocenters. The number of hydrogen-bond acceptors (Lipinski definition) is 4. The zero-order valence-electron chi connectivity index (χ0n) is 8.17. The van der Waals surface area contributed by atoms with Crippen LogP contribution in [0.15, 0.2) is 18.2 Å². The van der Waals surface area contributed by atoms with Gasteiger partial charge in [0.1, 0.15) is 11.5 Å². The molecular formula is C9H10O5. The Balaban J connectivity index is 2.87. The lowest BCUT2D eigenvalue weighted by atomic mass is 10.1. The Hall–Kier alpha value is -1.75. The van der Waals surface area contributed by atoms with Crippen LogP contribution in [0.5, 0.6) is 11.5 Å². The van der Waals surface area contributed by atoms with Crippen LogP contribution < -0.4 is 0 Å². The molecule has 0 fully saturated rings. The van der Waals surface area contributed by atoms with Crippen molar-refractivity contribution in [2.75, 3.05) is 0 Å². The van der Waals surface area contributed by atoms with E-state index in [1.54, 1.807) is 0 Å². The Bertz CT molecular complexity index is 366. The largest absolute Gasteiger partial charge is 0.508 e. The van der Waals surface area contributed by atoms with E-state index in [1.807, 2.05) is 0 Å². The number of hydrogen-bond donors (Lipinski definition) is 4. The van der Waals surface area contributed by atoms with Gasteiger partial charge >= 0.3 is 5.97 Å². The van der Waals surface area contributed by atoms with Gasteiger partial charge in [0, 0.05) is 12.0 Å². The van der Waals surface area contributed by atoms with Crippen LogP contribution in [0.3, 0.4) is 0 Å². The molecular weight excluding hydrogens is 188 g/mol. The highest BCUT2D eigenvalue weighted by Crippen LogP contribution is 2.23. The summed E-state index contributed by atoms with van der Waals surface area (Å²) in [6, 6.07) is 3.74. The van der Waals surface area contributed by atoms with E-state index in [-0.39, 0.29) is 23.5 Å². The van der Waals surface area contributed by atoms with E-state index in [1.165, 1.54) is 18.2 Å². The smallest absolute Gasteiger partial charge is 0.332 e. The molecule has 0 saturated carbocycles. The van der Waals surface area contributed by atoms with Crippen LogP contribution in [0.2, 0.25) is 0 Å². The average molecular weight is 199 g/mol. The summed E-state index contributed by atoms with van der Waals surface area (Å²) in [5.74, 6) is -1.53. The lowest BCUT2D eigenvalue weighted by Crippen LogP contribution is -2.21. The minimum atomic E-state index is -1.36. The lowest BCUT2D eigenvalue weighted by Gasteiger charge is -2.07. The molecule has 0 radical (unpaired) electrons. The molecule has 4 N–H and O–H groups in total. The fraction of sp³-hybridized carbons (Fsp3) is 0.222. The van der Waals surface area contributed by atoms with Crippen molar-refractivity contribution in [2.24, 2.45) is 0 Å². The van der Waals surface area contributed by atoms with E-state index < -0.39 is 12.1 Å². The number of benzene rings is 1. The van der Waals surface area contributed by atoms with Crippen LogP contribution in [0, 0.1) is 0 Å². The normalized spacial score (nSPS) is 13.3. The first-order valence-corrected chi connectivity index (χ1v) is 3.90. The average Bonchev–Trinajstić information content (AvgIpc) is 2.18. The first-order valence-electron chi connectivity index (χ1n) is 4.31. The number of aliphatic hydroxyl groups excluding tert-OH is 1. The lowest BCUT2D eigenvalue weighted by molar-refractivity contribution is -0.146. The van der Waals surface area contributed by atoms with Crippen molar-refractivity contribution in [1.29, 1.82) is 1.43 Å². The van der Waals surface area contributed by atoms with Gasteiger partial charge in [-0.05, 0) is 18.2 Å².